The number of nitrogens with two attached hydrogens (primary N) is 1. The maximum Gasteiger partial charge on any atom is 0.272 e. The summed E-state index contributed by atoms with van der Waals surface area (Å²) < 4.78 is 0. The number of benzene rings is 2. The lowest BCUT2D eigenvalue weighted by Crippen LogP contribution is -2.37. The van der Waals surface area contributed by atoms with Crippen molar-refractivity contribution in [1.82, 2.24) is 0 Å². The summed E-state index contributed by atoms with van der Waals surface area (Å²) in [6.45, 7) is 1.64. The molecule has 3 N–H and O–H groups in total. The number of carbonyl (C=O) groups excluding carboxylic acids is 1. The molecule has 23 heavy (non-hydrogen) atoms. The zero-order chi connectivity index (χ0) is 17.0. The van der Waals surface area contributed by atoms with Gasteiger partial charge in [-0.3, -0.25) is 14.9 Å². The van der Waals surface area contributed by atoms with E-state index in [2.05, 4.69) is 5.32 Å². The molecule has 0 aliphatic heterocycles. The number of aryl methyl sites for hydroxylation is 1. The summed E-state index contributed by atoms with van der Waals surface area (Å²) in [7, 11) is 0. The number of nitrogens with zero attached hydrogens (tertiary/aromatic N) is 1. The number of nitro groups is 1. The highest BCUT2D eigenvalue weighted by molar-refractivity contribution is 6.30. The Bertz CT molecular complexity index is 732. The van der Waals surface area contributed by atoms with Crippen molar-refractivity contribution in [2.45, 2.75) is 19.4 Å². The number of carbonyl (C=O) groups is 1. The second-order valence-electron chi connectivity index (χ2n) is 5.19. The van der Waals surface area contributed by atoms with Crippen molar-refractivity contribution in [3.8, 4) is 0 Å². The summed E-state index contributed by atoms with van der Waals surface area (Å²) in [6.07, 6.45) is 0.391. The van der Waals surface area contributed by atoms with E-state index < -0.39 is 16.9 Å². The van der Waals surface area contributed by atoms with Crippen molar-refractivity contribution in [3.05, 3.63) is 68.7 Å². The Morgan fingerprint density at radius 1 is 1.30 bits per heavy atom. The van der Waals surface area contributed by atoms with E-state index in [1.807, 2.05) is 12.1 Å². The molecule has 120 valence electrons. The molecule has 1 unspecified atom stereocenters. The number of nitro benzene ring substituents is 1. The fraction of sp³-hybridized carbons (Fsp3) is 0.188. The van der Waals surface area contributed by atoms with Crippen LogP contribution in [0.2, 0.25) is 5.02 Å². The first-order valence-corrected chi connectivity index (χ1v) is 7.30. The molecule has 1 atom stereocenters. The van der Waals surface area contributed by atoms with Crippen LogP contribution < -0.4 is 11.1 Å². The standard InChI is InChI=1S/C16H16ClN3O3/c1-10-8-13(6-7-15(10)20(22)23)19-14(16(18)21)9-11-2-4-12(17)5-3-11/h2-8,14,19H,9H2,1H3,(H2,18,21). The number of anilines is 1. The van der Waals surface area contributed by atoms with E-state index >= 15 is 0 Å². The van der Waals surface area contributed by atoms with E-state index in [-0.39, 0.29) is 5.69 Å². The fourth-order valence-corrected chi connectivity index (χ4v) is 2.36. The van der Waals surface area contributed by atoms with Gasteiger partial charge in [0.05, 0.1) is 4.92 Å². The van der Waals surface area contributed by atoms with E-state index in [0.29, 0.717) is 22.7 Å². The van der Waals surface area contributed by atoms with Gasteiger partial charge in [-0.05, 0) is 36.8 Å². The number of primary amides is 1. The molecule has 0 aliphatic carbocycles. The molecule has 0 bridgehead atoms. The quantitative estimate of drug-likeness (QED) is 0.627. The van der Waals surface area contributed by atoms with Crippen molar-refractivity contribution in [3.63, 3.8) is 0 Å². The van der Waals surface area contributed by atoms with Crippen molar-refractivity contribution in [2.75, 3.05) is 5.32 Å². The van der Waals surface area contributed by atoms with Gasteiger partial charge in [-0.1, -0.05) is 23.7 Å². The molecule has 1 amide bonds. The van der Waals surface area contributed by atoms with Crippen molar-refractivity contribution < 1.29 is 9.72 Å². The lowest BCUT2D eigenvalue weighted by atomic mass is 10.0. The minimum absolute atomic E-state index is 0.0314. The van der Waals surface area contributed by atoms with Gasteiger partial charge in [-0.25, -0.2) is 0 Å². The monoisotopic (exact) mass is 333 g/mol. The highest BCUT2D eigenvalue weighted by Gasteiger charge is 2.17. The summed E-state index contributed by atoms with van der Waals surface area (Å²) in [6, 6.07) is 11.1. The first-order chi connectivity index (χ1) is 10.9. The Balaban J connectivity index is 2.16. The fourth-order valence-electron chi connectivity index (χ4n) is 2.23. The van der Waals surface area contributed by atoms with Crippen LogP contribution in [0, 0.1) is 17.0 Å². The largest absolute Gasteiger partial charge is 0.373 e. The molecule has 6 nitrogen and oxygen atoms in total. The summed E-state index contributed by atoms with van der Waals surface area (Å²) in [5.41, 5.74) is 7.49. The predicted molar refractivity (Wildman–Crippen MR) is 89.6 cm³/mol. The van der Waals surface area contributed by atoms with Crippen LogP contribution >= 0.6 is 11.6 Å². The summed E-state index contributed by atoms with van der Waals surface area (Å²) in [4.78, 5) is 22.0. The lowest BCUT2D eigenvalue weighted by Gasteiger charge is -2.17. The van der Waals surface area contributed by atoms with Crippen LogP contribution in [0.25, 0.3) is 0 Å². The molecule has 0 aliphatic rings. The van der Waals surface area contributed by atoms with Gasteiger partial charge >= 0.3 is 0 Å². The number of hydrogen-bond acceptors (Lipinski definition) is 4. The van der Waals surface area contributed by atoms with Crippen LogP contribution in [0.4, 0.5) is 11.4 Å². The predicted octanol–water partition coefficient (Wildman–Crippen LogP) is 3.07. The smallest absolute Gasteiger partial charge is 0.272 e. The number of rotatable bonds is 6. The zero-order valence-electron chi connectivity index (χ0n) is 12.5. The maximum absolute atomic E-state index is 11.7. The van der Waals surface area contributed by atoms with E-state index in [1.54, 1.807) is 31.2 Å². The molecule has 2 rings (SSSR count). The number of amides is 1. The Hall–Kier alpha value is -2.60. The third-order valence-electron chi connectivity index (χ3n) is 3.43. The van der Waals surface area contributed by atoms with Gasteiger partial charge in [-0.15, -0.1) is 0 Å². The molecule has 0 fully saturated rings. The van der Waals surface area contributed by atoms with Crippen LogP contribution in [0.1, 0.15) is 11.1 Å². The van der Waals surface area contributed by atoms with Crippen molar-refractivity contribution in [2.24, 2.45) is 5.73 Å². The van der Waals surface area contributed by atoms with Gasteiger partial charge in [0.15, 0.2) is 0 Å². The molecule has 0 saturated heterocycles. The molecule has 2 aromatic carbocycles. The first-order valence-electron chi connectivity index (χ1n) is 6.92. The molecule has 0 spiro atoms. The normalized spacial score (nSPS) is 11.7. The number of halogens is 1. The second kappa shape index (κ2) is 7.11. The van der Waals surface area contributed by atoms with Gasteiger partial charge in [0.1, 0.15) is 6.04 Å². The molecule has 2 aromatic rings. The van der Waals surface area contributed by atoms with Crippen LogP contribution in [-0.2, 0) is 11.2 Å². The summed E-state index contributed by atoms with van der Waals surface area (Å²) in [5, 5.41) is 14.5. The van der Waals surface area contributed by atoms with Crippen LogP contribution in [0.5, 0.6) is 0 Å². The Kier molecular flexibility index (Phi) is 5.18. The number of nitrogens with one attached hydrogen (secondary N) is 1. The Labute approximate surface area is 138 Å². The highest BCUT2D eigenvalue weighted by atomic mass is 35.5. The molecule has 0 radical (unpaired) electrons. The third kappa shape index (κ3) is 4.43. The summed E-state index contributed by atoms with van der Waals surface area (Å²) >= 11 is 5.84. The molecule has 0 saturated carbocycles. The van der Waals surface area contributed by atoms with E-state index in [9.17, 15) is 14.9 Å². The topological polar surface area (TPSA) is 98.3 Å². The second-order valence-corrected chi connectivity index (χ2v) is 5.62. The number of hydrogen-bond donors (Lipinski definition) is 2. The van der Waals surface area contributed by atoms with Gasteiger partial charge < -0.3 is 11.1 Å². The van der Waals surface area contributed by atoms with Crippen LogP contribution in [0.3, 0.4) is 0 Å². The van der Waals surface area contributed by atoms with Gasteiger partial charge in [0, 0.05) is 28.8 Å². The minimum Gasteiger partial charge on any atom is -0.373 e. The average Bonchev–Trinajstić information content (AvgIpc) is 2.48. The van der Waals surface area contributed by atoms with Crippen molar-refractivity contribution in [1.29, 1.82) is 0 Å². The first kappa shape index (κ1) is 16.8. The van der Waals surface area contributed by atoms with Crippen LogP contribution in [0.15, 0.2) is 42.5 Å². The minimum atomic E-state index is -0.628. The molecular formula is C16H16ClN3O3. The Morgan fingerprint density at radius 2 is 1.96 bits per heavy atom. The van der Waals surface area contributed by atoms with Crippen molar-refractivity contribution >= 4 is 28.9 Å². The SMILES string of the molecule is Cc1cc(NC(Cc2ccc(Cl)cc2)C(N)=O)ccc1[N+](=O)[O-]. The molecule has 0 heterocycles. The average molecular weight is 334 g/mol. The maximum atomic E-state index is 11.7. The van der Waals surface area contributed by atoms with Crippen LogP contribution in [-0.4, -0.2) is 16.9 Å². The lowest BCUT2D eigenvalue weighted by molar-refractivity contribution is -0.385. The highest BCUT2D eigenvalue weighted by Crippen LogP contribution is 2.22. The molecule has 0 aromatic heterocycles. The van der Waals surface area contributed by atoms with Gasteiger partial charge in [0.2, 0.25) is 5.91 Å². The summed E-state index contributed by atoms with van der Waals surface area (Å²) in [5.74, 6) is -0.504. The van der Waals surface area contributed by atoms with Gasteiger partial charge in [-0.2, -0.15) is 0 Å². The van der Waals surface area contributed by atoms with E-state index in [0.717, 1.165) is 5.56 Å². The van der Waals surface area contributed by atoms with Gasteiger partial charge in [0.25, 0.3) is 5.69 Å². The van der Waals surface area contributed by atoms with E-state index in [1.165, 1.54) is 6.07 Å². The molecule has 7 heteroatoms. The Morgan fingerprint density at radius 3 is 2.48 bits per heavy atom. The zero-order valence-corrected chi connectivity index (χ0v) is 13.2. The third-order valence-corrected chi connectivity index (χ3v) is 3.68. The van der Waals surface area contributed by atoms with E-state index in [4.69, 9.17) is 17.3 Å². The molecular weight excluding hydrogens is 318 g/mol.